The third kappa shape index (κ3) is 8.76. The van der Waals surface area contributed by atoms with E-state index in [0.717, 1.165) is 0 Å². The first-order valence-electron chi connectivity index (χ1n) is 10.4. The Bertz CT molecular complexity index is 420. The molecule has 1 rings (SSSR count). The zero-order chi connectivity index (χ0) is 20.6. The van der Waals surface area contributed by atoms with Crippen LogP contribution in [0.1, 0.15) is 60.8 Å². The maximum atomic E-state index is 12.6. The Morgan fingerprint density at radius 2 is 0.704 bits per heavy atom. The summed E-state index contributed by atoms with van der Waals surface area (Å²) in [5, 5.41) is 0. The van der Waals surface area contributed by atoms with Gasteiger partial charge in [0.15, 0.2) is 0 Å². The summed E-state index contributed by atoms with van der Waals surface area (Å²) in [7, 11) is 0. The fourth-order valence-electron chi connectivity index (χ4n) is 3.24. The van der Waals surface area contributed by atoms with Crippen LogP contribution in [0.15, 0.2) is 0 Å². The van der Waals surface area contributed by atoms with Crippen molar-refractivity contribution in [2.45, 2.75) is 60.8 Å². The van der Waals surface area contributed by atoms with Crippen molar-refractivity contribution in [3.05, 3.63) is 0 Å². The average Bonchev–Trinajstić information content (AvgIpc) is 2.62. The number of hydrogen-bond acceptors (Lipinski definition) is 3. The van der Waals surface area contributed by atoms with Crippen molar-refractivity contribution < 1.29 is 14.4 Å². The van der Waals surface area contributed by atoms with E-state index in [1.165, 1.54) is 0 Å². The Labute approximate surface area is 165 Å². The van der Waals surface area contributed by atoms with Crippen molar-refractivity contribution in [1.82, 2.24) is 14.7 Å². The summed E-state index contributed by atoms with van der Waals surface area (Å²) in [6.45, 7) is 15.5. The van der Waals surface area contributed by atoms with Gasteiger partial charge in [-0.1, -0.05) is 41.5 Å². The largest absolute Gasteiger partial charge is 0.339 e. The van der Waals surface area contributed by atoms with Crippen molar-refractivity contribution in [2.75, 3.05) is 39.3 Å². The van der Waals surface area contributed by atoms with Crippen LogP contribution in [0, 0.1) is 17.8 Å². The van der Waals surface area contributed by atoms with Crippen LogP contribution in [0.25, 0.3) is 0 Å². The number of nitrogens with zero attached hydrogens (tertiary/aromatic N) is 3. The molecule has 1 saturated heterocycles. The summed E-state index contributed by atoms with van der Waals surface area (Å²) >= 11 is 0. The van der Waals surface area contributed by atoms with Gasteiger partial charge in [-0.15, -0.1) is 0 Å². The molecule has 27 heavy (non-hydrogen) atoms. The second kappa shape index (κ2) is 11.3. The zero-order valence-corrected chi connectivity index (χ0v) is 18.2. The highest BCUT2D eigenvalue weighted by Crippen LogP contribution is 2.11. The van der Waals surface area contributed by atoms with Gasteiger partial charge in [-0.3, -0.25) is 14.4 Å². The topological polar surface area (TPSA) is 60.9 Å². The van der Waals surface area contributed by atoms with Crippen LogP contribution in [-0.4, -0.2) is 71.7 Å². The van der Waals surface area contributed by atoms with Crippen molar-refractivity contribution in [3.8, 4) is 0 Å². The van der Waals surface area contributed by atoms with Crippen LogP contribution in [0.5, 0.6) is 0 Å². The molecule has 0 unspecified atom stereocenters. The van der Waals surface area contributed by atoms with Crippen molar-refractivity contribution in [2.24, 2.45) is 17.8 Å². The monoisotopic (exact) mass is 381 g/mol. The Balaban J connectivity index is 2.91. The molecule has 3 amide bonds. The molecular weight excluding hydrogens is 342 g/mol. The highest BCUT2D eigenvalue weighted by molar-refractivity contribution is 5.79. The molecule has 0 aromatic rings. The van der Waals surface area contributed by atoms with Gasteiger partial charge in [-0.05, 0) is 17.8 Å². The molecule has 0 N–H and O–H groups in total. The molecule has 1 heterocycles. The van der Waals surface area contributed by atoms with Gasteiger partial charge in [0.05, 0.1) is 0 Å². The Kier molecular flexibility index (Phi) is 9.81. The van der Waals surface area contributed by atoms with E-state index < -0.39 is 0 Å². The zero-order valence-electron chi connectivity index (χ0n) is 18.2. The molecule has 0 atom stereocenters. The van der Waals surface area contributed by atoms with Gasteiger partial charge < -0.3 is 14.7 Å². The molecule has 1 aliphatic rings. The highest BCUT2D eigenvalue weighted by atomic mass is 16.2. The molecule has 6 heteroatoms. The van der Waals surface area contributed by atoms with Crippen molar-refractivity contribution >= 4 is 17.7 Å². The average molecular weight is 382 g/mol. The van der Waals surface area contributed by atoms with E-state index >= 15 is 0 Å². The minimum atomic E-state index is 0.111. The van der Waals surface area contributed by atoms with Crippen molar-refractivity contribution in [1.29, 1.82) is 0 Å². The van der Waals surface area contributed by atoms with Gasteiger partial charge in [0, 0.05) is 58.5 Å². The fourth-order valence-corrected chi connectivity index (χ4v) is 3.24. The quantitative estimate of drug-likeness (QED) is 0.711. The molecule has 6 nitrogen and oxygen atoms in total. The lowest BCUT2D eigenvalue weighted by Gasteiger charge is -2.27. The third-order valence-corrected chi connectivity index (χ3v) is 4.73. The van der Waals surface area contributed by atoms with Crippen LogP contribution in [0.2, 0.25) is 0 Å². The number of carbonyl (C=O) groups excluding carboxylic acids is 3. The van der Waals surface area contributed by atoms with Crippen LogP contribution < -0.4 is 0 Å². The maximum absolute atomic E-state index is 12.6. The second-order valence-corrected chi connectivity index (χ2v) is 8.94. The lowest BCUT2D eigenvalue weighted by Crippen LogP contribution is -2.42. The van der Waals surface area contributed by atoms with Gasteiger partial charge in [0.25, 0.3) is 0 Å². The number of rotatable bonds is 6. The fraction of sp³-hybridized carbons (Fsp3) is 0.857. The van der Waals surface area contributed by atoms with Gasteiger partial charge >= 0.3 is 0 Å². The maximum Gasteiger partial charge on any atom is 0.222 e. The second-order valence-electron chi connectivity index (χ2n) is 8.94. The molecule has 1 aliphatic heterocycles. The predicted octanol–water partition coefficient (Wildman–Crippen LogP) is 2.62. The Hall–Kier alpha value is -1.59. The first-order valence-corrected chi connectivity index (χ1v) is 10.4. The van der Waals surface area contributed by atoms with Gasteiger partial charge in [-0.2, -0.15) is 0 Å². The van der Waals surface area contributed by atoms with E-state index in [1.54, 1.807) is 0 Å². The number of amides is 3. The molecule has 156 valence electrons. The molecule has 1 fully saturated rings. The Morgan fingerprint density at radius 1 is 0.519 bits per heavy atom. The summed E-state index contributed by atoms with van der Waals surface area (Å²) < 4.78 is 0. The number of hydrogen-bond donors (Lipinski definition) is 0. The first-order chi connectivity index (χ1) is 12.6. The van der Waals surface area contributed by atoms with E-state index in [1.807, 2.05) is 56.2 Å². The van der Waals surface area contributed by atoms with E-state index in [4.69, 9.17) is 0 Å². The summed E-state index contributed by atoms with van der Waals surface area (Å²) in [6, 6.07) is 0. The Morgan fingerprint density at radius 3 is 0.852 bits per heavy atom. The third-order valence-electron chi connectivity index (χ3n) is 4.73. The van der Waals surface area contributed by atoms with Crippen LogP contribution in [-0.2, 0) is 14.4 Å². The van der Waals surface area contributed by atoms with E-state index in [0.29, 0.717) is 76.3 Å². The molecule has 0 aromatic heterocycles. The SMILES string of the molecule is CC(C)CC(=O)N1CCN(C(=O)CC(C)C)CCN(C(=O)CC(C)C)CC1. The van der Waals surface area contributed by atoms with Gasteiger partial charge in [0.1, 0.15) is 0 Å². The summed E-state index contributed by atoms with van der Waals surface area (Å²) in [5.74, 6) is 1.21. The lowest BCUT2D eigenvalue weighted by atomic mass is 10.1. The highest BCUT2D eigenvalue weighted by Gasteiger charge is 2.25. The molecule has 0 radical (unpaired) electrons. The summed E-state index contributed by atoms with van der Waals surface area (Å²) in [4.78, 5) is 43.3. The molecule has 0 aliphatic carbocycles. The normalized spacial score (nSPS) is 16.6. The first kappa shape index (κ1) is 23.4. The van der Waals surface area contributed by atoms with E-state index in [9.17, 15) is 14.4 Å². The molecule has 0 aromatic carbocycles. The molecular formula is C21H39N3O3. The van der Waals surface area contributed by atoms with Crippen LogP contribution in [0.4, 0.5) is 0 Å². The number of carbonyl (C=O) groups is 3. The van der Waals surface area contributed by atoms with E-state index in [-0.39, 0.29) is 17.7 Å². The molecule has 0 bridgehead atoms. The summed E-state index contributed by atoms with van der Waals surface area (Å²) in [5.41, 5.74) is 0. The van der Waals surface area contributed by atoms with Gasteiger partial charge in [0.2, 0.25) is 17.7 Å². The molecule has 0 spiro atoms. The predicted molar refractivity (Wildman–Crippen MR) is 108 cm³/mol. The smallest absolute Gasteiger partial charge is 0.222 e. The lowest BCUT2D eigenvalue weighted by molar-refractivity contribution is -0.135. The van der Waals surface area contributed by atoms with Crippen LogP contribution >= 0.6 is 0 Å². The van der Waals surface area contributed by atoms with Gasteiger partial charge in [-0.25, -0.2) is 0 Å². The van der Waals surface area contributed by atoms with E-state index in [2.05, 4.69) is 0 Å². The molecule has 0 saturated carbocycles. The van der Waals surface area contributed by atoms with Crippen LogP contribution in [0.3, 0.4) is 0 Å². The van der Waals surface area contributed by atoms with Crippen molar-refractivity contribution in [3.63, 3.8) is 0 Å². The standard InChI is InChI=1S/C21H39N3O3/c1-16(2)13-19(25)22-7-9-23(20(26)14-17(3)4)11-12-24(10-8-22)21(27)15-18(5)6/h16-18H,7-15H2,1-6H3. The summed E-state index contributed by atoms with van der Waals surface area (Å²) in [6.07, 6.45) is 1.50. The minimum absolute atomic E-state index is 0.111. The minimum Gasteiger partial charge on any atom is -0.339 e.